The van der Waals surface area contributed by atoms with Gasteiger partial charge in [0.05, 0.1) is 30.3 Å². The van der Waals surface area contributed by atoms with E-state index in [-0.39, 0.29) is 17.9 Å². The molecule has 2 aliphatic heterocycles. The highest BCUT2D eigenvalue weighted by Crippen LogP contribution is 2.77. The Kier molecular flexibility index (Phi) is 3.20. The van der Waals surface area contributed by atoms with Gasteiger partial charge < -0.3 is 30.3 Å². The van der Waals surface area contributed by atoms with Gasteiger partial charge in [-0.3, -0.25) is 0 Å². The smallest absolute Gasteiger partial charge is 0.201 e. The van der Waals surface area contributed by atoms with Crippen LogP contribution in [0.3, 0.4) is 0 Å². The first-order chi connectivity index (χ1) is 12.0. The molecule has 0 radical (unpaired) electrons. The molecule has 10 atom stereocenters. The Morgan fingerprint density at radius 2 is 1.81 bits per heavy atom. The molecule has 6 aliphatic rings. The van der Waals surface area contributed by atoms with Crippen molar-refractivity contribution in [1.29, 1.82) is 0 Å². The number of ether oxygens (including phenoxy) is 1. The van der Waals surface area contributed by atoms with Crippen molar-refractivity contribution in [3.8, 4) is 0 Å². The van der Waals surface area contributed by atoms with Gasteiger partial charge in [-0.2, -0.15) is 0 Å². The summed E-state index contributed by atoms with van der Waals surface area (Å²) in [7, 11) is 0. The van der Waals surface area contributed by atoms with Crippen LogP contribution >= 0.6 is 0 Å². The molecule has 2 heterocycles. The fourth-order valence-corrected chi connectivity index (χ4v) is 8.13. The first-order valence-corrected chi connectivity index (χ1v) is 9.81. The summed E-state index contributed by atoms with van der Waals surface area (Å²) in [4.78, 5) is 0. The summed E-state index contributed by atoms with van der Waals surface area (Å²) in [5.41, 5.74) is -1.84. The first kappa shape index (κ1) is 17.6. The molecule has 0 aromatic rings. The molecule has 2 spiro atoms. The molecule has 6 nitrogen and oxygen atoms in total. The largest absolute Gasteiger partial charge is 0.393 e. The molecule has 0 unspecified atom stereocenters. The average molecular weight is 366 g/mol. The maximum atomic E-state index is 11.7. The summed E-state index contributed by atoms with van der Waals surface area (Å²) in [6.45, 7) is 8.20. The Morgan fingerprint density at radius 1 is 1.12 bits per heavy atom. The van der Waals surface area contributed by atoms with Gasteiger partial charge in [0.1, 0.15) is 6.10 Å². The van der Waals surface area contributed by atoms with Gasteiger partial charge >= 0.3 is 0 Å². The molecule has 0 amide bonds. The molecule has 6 heteroatoms. The van der Waals surface area contributed by atoms with Crippen LogP contribution in [0.2, 0.25) is 0 Å². The normalized spacial score (nSPS) is 62.7. The van der Waals surface area contributed by atoms with Gasteiger partial charge in [-0.05, 0) is 42.6 Å². The Morgan fingerprint density at radius 3 is 2.50 bits per heavy atom. The molecule has 2 saturated heterocycles. The third-order valence-corrected chi connectivity index (χ3v) is 9.02. The second-order valence-electron chi connectivity index (χ2n) is 10.3. The van der Waals surface area contributed by atoms with Crippen LogP contribution in [-0.2, 0) is 4.74 Å². The number of aliphatic hydroxyl groups excluding tert-OH is 4. The zero-order valence-corrected chi connectivity index (χ0v) is 15.4. The van der Waals surface area contributed by atoms with E-state index in [0.29, 0.717) is 24.8 Å². The van der Waals surface area contributed by atoms with Crippen molar-refractivity contribution in [2.24, 2.45) is 34.0 Å². The van der Waals surface area contributed by atoms with Gasteiger partial charge in [0.25, 0.3) is 0 Å². The van der Waals surface area contributed by atoms with Crippen LogP contribution in [0.5, 0.6) is 0 Å². The fourth-order valence-electron chi connectivity index (χ4n) is 8.13. The Hall–Kier alpha value is -0.500. The van der Waals surface area contributed by atoms with Crippen LogP contribution in [0.15, 0.2) is 12.2 Å². The van der Waals surface area contributed by atoms with Crippen LogP contribution in [0.4, 0.5) is 0 Å². The van der Waals surface area contributed by atoms with Crippen LogP contribution in [0, 0.1) is 34.0 Å². The molecule has 0 aromatic heterocycles. The van der Waals surface area contributed by atoms with Gasteiger partial charge in [-0.1, -0.05) is 20.4 Å². The Balaban J connectivity index is 1.80. The average Bonchev–Trinajstić information content (AvgIpc) is 2.76. The SMILES string of the molecule is C=C1[C@@H]2C[C@@H](O)[C@H]3[C@@]45CO[C@](O)([C@@H](O)[C@@H]4C(C)(C)CC[C@@H]5O)[C@]3(C2)[C@H]1O. The highest BCUT2D eigenvalue weighted by Gasteiger charge is 2.85. The number of aliphatic hydroxyl groups is 5. The van der Waals surface area contributed by atoms with Crippen molar-refractivity contribution >= 4 is 0 Å². The zero-order chi connectivity index (χ0) is 18.9. The zero-order valence-electron chi connectivity index (χ0n) is 15.4. The van der Waals surface area contributed by atoms with E-state index in [1.807, 2.05) is 13.8 Å². The van der Waals surface area contributed by atoms with E-state index in [0.717, 1.165) is 6.42 Å². The van der Waals surface area contributed by atoms with Crippen LogP contribution in [0.1, 0.15) is 39.5 Å². The van der Waals surface area contributed by atoms with Crippen molar-refractivity contribution in [3.63, 3.8) is 0 Å². The number of rotatable bonds is 0. The third-order valence-electron chi connectivity index (χ3n) is 9.02. The van der Waals surface area contributed by atoms with E-state index in [1.54, 1.807) is 0 Å². The van der Waals surface area contributed by atoms with Gasteiger partial charge in [0.15, 0.2) is 0 Å². The standard InChI is InChI=1S/C20H30O6/c1-9-10-6-11(21)13-18-8-26-20(25,19(13,7-10)15(9)23)16(24)14(18)17(2,3)5-4-12(18)22/h10-16,21-25H,1,4-8H2,2-3H3/t10-,11-,12+,13+,14-,15+,16+,18+,19+,20-/m1/s1. The van der Waals surface area contributed by atoms with E-state index in [4.69, 9.17) is 4.74 Å². The molecule has 4 saturated carbocycles. The van der Waals surface area contributed by atoms with Gasteiger partial charge in [-0.25, -0.2) is 0 Å². The molecule has 4 aliphatic carbocycles. The van der Waals surface area contributed by atoms with E-state index < -0.39 is 52.9 Å². The Bertz CT molecular complexity index is 677. The topological polar surface area (TPSA) is 110 Å². The summed E-state index contributed by atoms with van der Waals surface area (Å²) in [6, 6.07) is 0. The predicted octanol–water partition coefficient (Wildman–Crippen LogP) is 0.167. The predicted molar refractivity (Wildman–Crippen MR) is 91.7 cm³/mol. The van der Waals surface area contributed by atoms with E-state index in [2.05, 4.69) is 6.58 Å². The molecular weight excluding hydrogens is 336 g/mol. The molecule has 6 fully saturated rings. The summed E-state index contributed by atoms with van der Waals surface area (Å²) >= 11 is 0. The maximum absolute atomic E-state index is 11.7. The maximum Gasteiger partial charge on any atom is 0.201 e. The highest BCUT2D eigenvalue weighted by molar-refractivity contribution is 5.36. The van der Waals surface area contributed by atoms with E-state index in [1.165, 1.54) is 0 Å². The number of hydrogen-bond acceptors (Lipinski definition) is 6. The van der Waals surface area contributed by atoms with Crippen LogP contribution in [-0.4, -0.2) is 62.3 Å². The Labute approximate surface area is 153 Å². The summed E-state index contributed by atoms with van der Waals surface area (Å²) < 4.78 is 5.89. The summed E-state index contributed by atoms with van der Waals surface area (Å²) in [5.74, 6) is -3.02. The van der Waals surface area contributed by atoms with Gasteiger partial charge in [0, 0.05) is 17.3 Å². The molecule has 4 bridgehead atoms. The van der Waals surface area contributed by atoms with Gasteiger partial charge in [0.2, 0.25) is 5.79 Å². The molecular formula is C20H30O6. The fraction of sp³-hybridized carbons (Fsp3) is 0.900. The molecule has 146 valence electrons. The lowest BCUT2D eigenvalue weighted by Gasteiger charge is -2.75. The van der Waals surface area contributed by atoms with Crippen LogP contribution in [0.25, 0.3) is 0 Å². The molecule has 0 aromatic carbocycles. The van der Waals surface area contributed by atoms with Crippen LogP contribution < -0.4 is 0 Å². The molecule has 26 heavy (non-hydrogen) atoms. The monoisotopic (exact) mass is 366 g/mol. The first-order valence-electron chi connectivity index (χ1n) is 9.81. The summed E-state index contributed by atoms with van der Waals surface area (Å²) in [6.07, 6.45) is -1.67. The lowest BCUT2D eigenvalue weighted by atomic mass is 9.35. The van der Waals surface area contributed by atoms with Crippen molar-refractivity contribution in [2.45, 2.75) is 69.7 Å². The highest BCUT2D eigenvalue weighted by atomic mass is 16.6. The minimum Gasteiger partial charge on any atom is -0.393 e. The molecule has 5 N–H and O–H groups in total. The van der Waals surface area contributed by atoms with Crippen molar-refractivity contribution in [1.82, 2.24) is 0 Å². The number of fused-ring (bicyclic) bond motifs is 2. The third kappa shape index (κ3) is 1.52. The lowest BCUT2D eigenvalue weighted by Crippen LogP contribution is -2.85. The summed E-state index contributed by atoms with van der Waals surface area (Å²) in [5, 5.41) is 56.4. The molecule has 6 rings (SSSR count). The second-order valence-corrected chi connectivity index (χ2v) is 10.3. The quantitative estimate of drug-likeness (QED) is 0.391. The van der Waals surface area contributed by atoms with Crippen molar-refractivity contribution < 1.29 is 30.3 Å². The van der Waals surface area contributed by atoms with Crippen molar-refractivity contribution in [2.75, 3.05) is 6.61 Å². The lowest BCUT2D eigenvalue weighted by molar-refractivity contribution is -0.473. The van der Waals surface area contributed by atoms with E-state index in [9.17, 15) is 25.5 Å². The van der Waals surface area contributed by atoms with Gasteiger partial charge in [-0.15, -0.1) is 0 Å². The van der Waals surface area contributed by atoms with E-state index >= 15 is 0 Å². The van der Waals surface area contributed by atoms with Crippen molar-refractivity contribution in [3.05, 3.63) is 12.2 Å². The number of hydrogen-bond donors (Lipinski definition) is 5. The minimum atomic E-state index is -1.95. The minimum absolute atomic E-state index is 0.0865. The second kappa shape index (κ2) is 4.73.